The third-order valence-electron chi connectivity index (χ3n) is 3.43. The fourth-order valence-corrected chi connectivity index (χ4v) is 2.29. The van der Waals surface area contributed by atoms with E-state index in [4.69, 9.17) is 14.2 Å². The SMILES string of the molecule is COc1ccccc1C(=O)NCCCOCC1CCCO1. The normalized spacial score (nSPS) is 17.7. The van der Waals surface area contributed by atoms with E-state index in [2.05, 4.69) is 5.32 Å². The van der Waals surface area contributed by atoms with E-state index in [1.165, 1.54) is 0 Å². The maximum absolute atomic E-state index is 12.0. The molecule has 1 saturated heterocycles. The molecule has 5 heteroatoms. The van der Waals surface area contributed by atoms with E-state index in [1.54, 1.807) is 19.2 Å². The van der Waals surface area contributed by atoms with Gasteiger partial charge in [0.15, 0.2) is 0 Å². The Hall–Kier alpha value is -1.59. The highest BCUT2D eigenvalue weighted by Crippen LogP contribution is 2.16. The Bertz CT molecular complexity index is 444. The quantitative estimate of drug-likeness (QED) is 0.745. The van der Waals surface area contributed by atoms with Gasteiger partial charge in [-0.2, -0.15) is 0 Å². The molecule has 2 rings (SSSR count). The number of carbonyl (C=O) groups is 1. The first-order valence-electron chi connectivity index (χ1n) is 7.42. The van der Waals surface area contributed by atoms with Gasteiger partial charge in [-0.15, -0.1) is 0 Å². The smallest absolute Gasteiger partial charge is 0.255 e. The second-order valence-electron chi connectivity index (χ2n) is 5.02. The van der Waals surface area contributed by atoms with Crippen LogP contribution in [-0.2, 0) is 9.47 Å². The lowest BCUT2D eigenvalue weighted by molar-refractivity contribution is 0.0166. The van der Waals surface area contributed by atoms with Crippen LogP contribution in [0.5, 0.6) is 5.75 Å². The lowest BCUT2D eigenvalue weighted by Crippen LogP contribution is -2.26. The van der Waals surface area contributed by atoms with Crippen molar-refractivity contribution in [1.29, 1.82) is 0 Å². The number of rotatable bonds is 8. The highest BCUT2D eigenvalue weighted by Gasteiger charge is 2.15. The van der Waals surface area contributed by atoms with Crippen molar-refractivity contribution in [2.24, 2.45) is 0 Å². The second-order valence-corrected chi connectivity index (χ2v) is 5.02. The molecule has 1 N–H and O–H groups in total. The van der Waals surface area contributed by atoms with Crippen LogP contribution in [0.1, 0.15) is 29.6 Å². The minimum atomic E-state index is -0.119. The van der Waals surface area contributed by atoms with Crippen molar-refractivity contribution in [2.75, 3.05) is 33.5 Å². The summed E-state index contributed by atoms with van der Waals surface area (Å²) in [5.74, 6) is 0.469. The number of hydrogen-bond acceptors (Lipinski definition) is 4. The number of ether oxygens (including phenoxy) is 3. The summed E-state index contributed by atoms with van der Waals surface area (Å²) in [6.45, 7) is 2.72. The van der Waals surface area contributed by atoms with Gasteiger partial charge in [-0.05, 0) is 31.4 Å². The first kappa shape index (κ1) is 15.8. The largest absolute Gasteiger partial charge is 0.496 e. The van der Waals surface area contributed by atoms with Crippen LogP contribution >= 0.6 is 0 Å². The van der Waals surface area contributed by atoms with E-state index in [1.807, 2.05) is 12.1 Å². The zero-order valence-corrected chi connectivity index (χ0v) is 12.5. The number of benzene rings is 1. The van der Waals surface area contributed by atoms with E-state index < -0.39 is 0 Å². The molecule has 0 radical (unpaired) electrons. The van der Waals surface area contributed by atoms with Crippen molar-refractivity contribution in [1.82, 2.24) is 5.32 Å². The van der Waals surface area contributed by atoms with Crippen LogP contribution < -0.4 is 10.1 Å². The first-order chi connectivity index (χ1) is 10.3. The number of hydrogen-bond donors (Lipinski definition) is 1. The lowest BCUT2D eigenvalue weighted by Gasteiger charge is -2.11. The summed E-state index contributed by atoms with van der Waals surface area (Å²) < 4.78 is 16.2. The van der Waals surface area contributed by atoms with E-state index in [9.17, 15) is 4.79 Å². The summed E-state index contributed by atoms with van der Waals surface area (Å²) in [6, 6.07) is 7.19. The molecule has 1 aliphatic rings. The summed E-state index contributed by atoms with van der Waals surface area (Å²) >= 11 is 0. The van der Waals surface area contributed by atoms with Crippen molar-refractivity contribution < 1.29 is 19.0 Å². The van der Waals surface area contributed by atoms with Crippen molar-refractivity contribution in [3.05, 3.63) is 29.8 Å². The Balaban J connectivity index is 1.60. The minimum absolute atomic E-state index is 0.119. The molecule has 0 spiro atoms. The van der Waals surface area contributed by atoms with Gasteiger partial charge in [-0.1, -0.05) is 12.1 Å². The molecular weight excluding hydrogens is 270 g/mol. The topological polar surface area (TPSA) is 56.8 Å². The molecule has 1 aliphatic heterocycles. The van der Waals surface area contributed by atoms with Gasteiger partial charge in [0.1, 0.15) is 5.75 Å². The van der Waals surface area contributed by atoms with Gasteiger partial charge in [-0.3, -0.25) is 4.79 Å². The van der Waals surface area contributed by atoms with Gasteiger partial charge in [0.25, 0.3) is 5.91 Å². The number of carbonyl (C=O) groups excluding carboxylic acids is 1. The maximum Gasteiger partial charge on any atom is 0.255 e. The minimum Gasteiger partial charge on any atom is -0.496 e. The molecule has 0 saturated carbocycles. The summed E-state index contributed by atoms with van der Waals surface area (Å²) in [5, 5.41) is 2.87. The van der Waals surface area contributed by atoms with E-state index in [0.29, 0.717) is 31.1 Å². The third-order valence-corrected chi connectivity index (χ3v) is 3.43. The van der Waals surface area contributed by atoms with Crippen LogP contribution in [0.2, 0.25) is 0 Å². The standard InChI is InChI=1S/C16H23NO4/c1-19-15-8-3-2-7-14(15)16(18)17-9-5-10-20-12-13-6-4-11-21-13/h2-3,7-8,13H,4-6,9-12H2,1H3,(H,17,18). The highest BCUT2D eigenvalue weighted by atomic mass is 16.5. The Morgan fingerprint density at radius 2 is 2.29 bits per heavy atom. The molecule has 1 amide bonds. The van der Waals surface area contributed by atoms with Crippen LogP contribution in [-0.4, -0.2) is 45.5 Å². The fourth-order valence-electron chi connectivity index (χ4n) is 2.29. The summed E-state index contributed by atoms with van der Waals surface area (Å²) in [6.07, 6.45) is 3.26. The maximum atomic E-state index is 12.0. The molecule has 1 atom stereocenters. The summed E-state index contributed by atoms with van der Waals surface area (Å²) in [4.78, 5) is 12.0. The predicted octanol–water partition coefficient (Wildman–Crippen LogP) is 2.01. The number of nitrogens with one attached hydrogen (secondary N) is 1. The van der Waals surface area contributed by atoms with Crippen molar-refractivity contribution in [3.63, 3.8) is 0 Å². The average Bonchev–Trinajstić information content (AvgIpc) is 3.03. The second kappa shape index (κ2) is 8.64. The summed E-state index contributed by atoms with van der Waals surface area (Å²) in [5.41, 5.74) is 0.556. The van der Waals surface area contributed by atoms with Gasteiger partial charge in [0.05, 0.1) is 25.4 Å². The number of methoxy groups -OCH3 is 1. The molecule has 21 heavy (non-hydrogen) atoms. The van der Waals surface area contributed by atoms with Gasteiger partial charge in [-0.25, -0.2) is 0 Å². The van der Waals surface area contributed by atoms with Gasteiger partial charge < -0.3 is 19.5 Å². The van der Waals surface area contributed by atoms with Gasteiger partial charge >= 0.3 is 0 Å². The Morgan fingerprint density at radius 1 is 1.43 bits per heavy atom. The molecular formula is C16H23NO4. The summed E-state index contributed by atoms with van der Waals surface area (Å²) in [7, 11) is 1.56. The van der Waals surface area contributed by atoms with E-state index in [0.717, 1.165) is 25.9 Å². The molecule has 116 valence electrons. The Kier molecular flexibility index (Phi) is 6.50. The van der Waals surface area contributed by atoms with Crippen LogP contribution in [0, 0.1) is 0 Å². The molecule has 5 nitrogen and oxygen atoms in total. The lowest BCUT2D eigenvalue weighted by atomic mass is 10.2. The number of amides is 1. The highest BCUT2D eigenvalue weighted by molar-refractivity contribution is 5.96. The Labute approximate surface area is 125 Å². The van der Waals surface area contributed by atoms with Gasteiger partial charge in [0.2, 0.25) is 0 Å². The molecule has 0 aromatic heterocycles. The third kappa shape index (κ3) is 5.02. The van der Waals surface area contributed by atoms with E-state index in [-0.39, 0.29) is 12.0 Å². The van der Waals surface area contributed by atoms with Crippen molar-refractivity contribution in [2.45, 2.75) is 25.4 Å². The van der Waals surface area contributed by atoms with Crippen molar-refractivity contribution >= 4 is 5.91 Å². The van der Waals surface area contributed by atoms with Crippen LogP contribution in [0.25, 0.3) is 0 Å². The number of para-hydroxylation sites is 1. The van der Waals surface area contributed by atoms with E-state index >= 15 is 0 Å². The molecule has 1 aromatic rings. The average molecular weight is 293 g/mol. The molecule has 0 bridgehead atoms. The zero-order chi connectivity index (χ0) is 14.9. The zero-order valence-electron chi connectivity index (χ0n) is 12.5. The molecule has 1 fully saturated rings. The van der Waals surface area contributed by atoms with Crippen LogP contribution in [0.3, 0.4) is 0 Å². The van der Waals surface area contributed by atoms with Crippen LogP contribution in [0.4, 0.5) is 0 Å². The molecule has 1 aromatic carbocycles. The van der Waals surface area contributed by atoms with Crippen LogP contribution in [0.15, 0.2) is 24.3 Å². The monoisotopic (exact) mass is 293 g/mol. The fraction of sp³-hybridized carbons (Fsp3) is 0.562. The Morgan fingerprint density at radius 3 is 3.05 bits per heavy atom. The molecule has 1 heterocycles. The molecule has 0 aliphatic carbocycles. The van der Waals surface area contributed by atoms with Crippen molar-refractivity contribution in [3.8, 4) is 5.75 Å². The predicted molar refractivity (Wildman–Crippen MR) is 79.7 cm³/mol. The molecule has 1 unspecified atom stereocenters. The van der Waals surface area contributed by atoms with Gasteiger partial charge in [0, 0.05) is 19.8 Å². The first-order valence-corrected chi connectivity index (χ1v) is 7.42.